The van der Waals surface area contributed by atoms with E-state index in [1.54, 1.807) is 18.2 Å². The predicted molar refractivity (Wildman–Crippen MR) is 104 cm³/mol. The van der Waals surface area contributed by atoms with E-state index in [1.807, 2.05) is 0 Å². The monoisotopic (exact) mass is 406 g/mol. The van der Waals surface area contributed by atoms with E-state index in [4.69, 9.17) is 4.74 Å². The molecule has 0 saturated carbocycles. The zero-order valence-corrected chi connectivity index (χ0v) is 16.5. The van der Waals surface area contributed by atoms with Gasteiger partial charge >= 0.3 is 0 Å². The van der Waals surface area contributed by atoms with Crippen molar-refractivity contribution in [1.29, 1.82) is 0 Å². The lowest BCUT2D eigenvalue weighted by molar-refractivity contribution is 0.101. The Kier molecular flexibility index (Phi) is 6.43. The highest BCUT2D eigenvalue weighted by molar-refractivity contribution is 7.89. The Labute approximate surface area is 164 Å². The molecule has 0 atom stereocenters. The number of ether oxygens (including phenoxy) is 1. The molecule has 1 heterocycles. The van der Waals surface area contributed by atoms with Crippen LogP contribution in [0.4, 0.5) is 4.39 Å². The first-order valence-corrected chi connectivity index (χ1v) is 10.5. The molecular formula is C20H23FN2O4S. The number of Topliss-reactive ketones (excluding diaryl/α,β-unsaturated/α-hetero) is 1. The highest BCUT2D eigenvalue weighted by Gasteiger charge is 2.28. The molecule has 0 aromatic heterocycles. The molecule has 8 heteroatoms. The molecule has 0 radical (unpaired) electrons. The summed E-state index contributed by atoms with van der Waals surface area (Å²) in [6.07, 6.45) is 0. The molecule has 2 aromatic rings. The third kappa shape index (κ3) is 4.76. The fraction of sp³-hybridized carbons (Fsp3) is 0.350. The SMILES string of the molecule is CC(=O)c1ccc(S(=O)(=O)N2CCN(CCOc3ccccc3F)CC2)cc1. The van der Waals surface area contributed by atoms with Crippen molar-refractivity contribution in [2.75, 3.05) is 39.3 Å². The molecule has 2 aromatic carbocycles. The Morgan fingerprint density at radius 1 is 1.04 bits per heavy atom. The van der Waals surface area contributed by atoms with Crippen molar-refractivity contribution in [2.45, 2.75) is 11.8 Å². The Morgan fingerprint density at radius 2 is 1.68 bits per heavy atom. The predicted octanol–water partition coefficient (Wildman–Crippen LogP) is 2.41. The van der Waals surface area contributed by atoms with Crippen LogP contribution >= 0.6 is 0 Å². The number of benzene rings is 2. The summed E-state index contributed by atoms with van der Waals surface area (Å²) in [4.78, 5) is 13.6. The molecule has 0 bridgehead atoms. The van der Waals surface area contributed by atoms with Crippen LogP contribution in [-0.2, 0) is 10.0 Å². The number of nitrogens with zero attached hydrogens (tertiary/aromatic N) is 2. The summed E-state index contributed by atoms with van der Waals surface area (Å²) in [5.41, 5.74) is 0.485. The Bertz CT molecular complexity index is 923. The van der Waals surface area contributed by atoms with E-state index in [1.165, 1.54) is 41.6 Å². The zero-order chi connectivity index (χ0) is 20.1. The van der Waals surface area contributed by atoms with Gasteiger partial charge in [0.25, 0.3) is 0 Å². The molecule has 1 aliphatic heterocycles. The smallest absolute Gasteiger partial charge is 0.243 e. The average Bonchev–Trinajstić information content (AvgIpc) is 2.70. The molecule has 0 unspecified atom stereocenters. The van der Waals surface area contributed by atoms with E-state index in [-0.39, 0.29) is 16.4 Å². The van der Waals surface area contributed by atoms with Gasteiger partial charge in [0, 0.05) is 38.3 Å². The molecule has 1 aliphatic rings. The number of rotatable bonds is 7. The number of halogens is 1. The van der Waals surface area contributed by atoms with Gasteiger partial charge in [0.1, 0.15) is 6.61 Å². The van der Waals surface area contributed by atoms with Gasteiger partial charge < -0.3 is 4.74 Å². The van der Waals surface area contributed by atoms with Gasteiger partial charge in [-0.3, -0.25) is 9.69 Å². The van der Waals surface area contributed by atoms with Gasteiger partial charge in [-0.05, 0) is 31.2 Å². The van der Waals surface area contributed by atoms with E-state index in [0.29, 0.717) is 44.9 Å². The number of ketones is 1. The van der Waals surface area contributed by atoms with Crippen molar-refractivity contribution < 1.29 is 22.3 Å². The molecule has 6 nitrogen and oxygen atoms in total. The molecular weight excluding hydrogens is 383 g/mol. The third-order valence-electron chi connectivity index (χ3n) is 4.73. The Hall–Kier alpha value is -2.29. The minimum Gasteiger partial charge on any atom is -0.489 e. The molecule has 0 aliphatic carbocycles. The van der Waals surface area contributed by atoms with Crippen molar-refractivity contribution in [1.82, 2.24) is 9.21 Å². The summed E-state index contributed by atoms with van der Waals surface area (Å²) in [6.45, 7) is 4.26. The van der Waals surface area contributed by atoms with Crippen LogP contribution in [0.25, 0.3) is 0 Å². The lowest BCUT2D eigenvalue weighted by Crippen LogP contribution is -2.49. The van der Waals surface area contributed by atoms with Crippen LogP contribution in [0, 0.1) is 5.82 Å². The van der Waals surface area contributed by atoms with Gasteiger partial charge in [-0.2, -0.15) is 4.31 Å². The van der Waals surface area contributed by atoms with E-state index >= 15 is 0 Å². The van der Waals surface area contributed by atoms with Gasteiger partial charge in [0.15, 0.2) is 17.3 Å². The van der Waals surface area contributed by atoms with Crippen molar-refractivity contribution in [3.63, 3.8) is 0 Å². The molecule has 28 heavy (non-hydrogen) atoms. The molecule has 150 valence electrons. The fourth-order valence-electron chi connectivity index (χ4n) is 3.05. The van der Waals surface area contributed by atoms with E-state index in [9.17, 15) is 17.6 Å². The first-order chi connectivity index (χ1) is 13.4. The van der Waals surface area contributed by atoms with Gasteiger partial charge in [0.05, 0.1) is 4.90 Å². The molecule has 0 amide bonds. The number of hydrogen-bond donors (Lipinski definition) is 0. The Balaban J connectivity index is 1.51. The number of sulfonamides is 1. The summed E-state index contributed by atoms with van der Waals surface area (Å²) in [7, 11) is -3.58. The van der Waals surface area contributed by atoms with E-state index in [0.717, 1.165) is 0 Å². The number of carbonyl (C=O) groups excluding carboxylic acids is 1. The van der Waals surface area contributed by atoms with Crippen LogP contribution in [0.3, 0.4) is 0 Å². The third-order valence-corrected chi connectivity index (χ3v) is 6.64. The quantitative estimate of drug-likeness (QED) is 0.661. The second kappa shape index (κ2) is 8.81. The molecule has 3 rings (SSSR count). The average molecular weight is 406 g/mol. The lowest BCUT2D eigenvalue weighted by atomic mass is 10.2. The van der Waals surface area contributed by atoms with Gasteiger partial charge in [-0.1, -0.05) is 24.3 Å². The molecule has 0 spiro atoms. The van der Waals surface area contributed by atoms with Crippen molar-refractivity contribution in [3.8, 4) is 5.75 Å². The summed E-state index contributed by atoms with van der Waals surface area (Å²) in [5.74, 6) is -0.276. The first-order valence-electron chi connectivity index (χ1n) is 9.09. The standard InChI is InChI=1S/C20H23FN2O4S/c1-16(24)17-6-8-18(9-7-17)28(25,26)23-12-10-22(11-13-23)14-15-27-20-5-3-2-4-19(20)21/h2-9H,10-15H2,1H3. The van der Waals surface area contributed by atoms with Crippen molar-refractivity contribution >= 4 is 15.8 Å². The zero-order valence-electron chi connectivity index (χ0n) is 15.7. The minimum absolute atomic E-state index is 0.102. The Morgan fingerprint density at radius 3 is 2.29 bits per heavy atom. The molecule has 0 N–H and O–H groups in total. The molecule has 1 saturated heterocycles. The first kappa shape index (κ1) is 20.4. The molecule has 1 fully saturated rings. The van der Waals surface area contributed by atoms with Crippen LogP contribution < -0.4 is 4.74 Å². The van der Waals surface area contributed by atoms with Crippen LogP contribution in [0.2, 0.25) is 0 Å². The van der Waals surface area contributed by atoms with Crippen LogP contribution in [0.5, 0.6) is 5.75 Å². The summed E-state index contributed by atoms with van der Waals surface area (Å²) in [5, 5.41) is 0. The fourth-order valence-corrected chi connectivity index (χ4v) is 4.47. The van der Waals surface area contributed by atoms with Gasteiger partial charge in [-0.15, -0.1) is 0 Å². The number of para-hydroxylation sites is 1. The van der Waals surface area contributed by atoms with Crippen molar-refractivity contribution in [2.24, 2.45) is 0 Å². The van der Waals surface area contributed by atoms with E-state index in [2.05, 4.69) is 4.90 Å². The normalized spacial score (nSPS) is 16.1. The summed E-state index contributed by atoms with van der Waals surface area (Å²) >= 11 is 0. The number of carbonyl (C=O) groups is 1. The largest absolute Gasteiger partial charge is 0.489 e. The second-order valence-corrected chi connectivity index (χ2v) is 8.54. The number of hydrogen-bond acceptors (Lipinski definition) is 5. The number of piperazine rings is 1. The highest BCUT2D eigenvalue weighted by atomic mass is 32.2. The summed E-state index contributed by atoms with van der Waals surface area (Å²) < 4.78 is 46.0. The highest BCUT2D eigenvalue weighted by Crippen LogP contribution is 2.19. The summed E-state index contributed by atoms with van der Waals surface area (Å²) in [6, 6.07) is 12.3. The van der Waals surface area contributed by atoms with Crippen LogP contribution in [-0.4, -0.2) is 62.7 Å². The topological polar surface area (TPSA) is 66.9 Å². The maximum Gasteiger partial charge on any atom is 0.243 e. The maximum atomic E-state index is 13.5. The van der Waals surface area contributed by atoms with Gasteiger partial charge in [-0.25, -0.2) is 12.8 Å². The maximum absolute atomic E-state index is 13.5. The second-order valence-electron chi connectivity index (χ2n) is 6.61. The van der Waals surface area contributed by atoms with E-state index < -0.39 is 15.8 Å². The van der Waals surface area contributed by atoms with Crippen molar-refractivity contribution in [3.05, 3.63) is 59.9 Å². The lowest BCUT2D eigenvalue weighted by Gasteiger charge is -2.33. The minimum atomic E-state index is -3.58. The van der Waals surface area contributed by atoms with Gasteiger partial charge in [0.2, 0.25) is 10.0 Å². The van der Waals surface area contributed by atoms with Crippen LogP contribution in [0.1, 0.15) is 17.3 Å². The van der Waals surface area contributed by atoms with Crippen LogP contribution in [0.15, 0.2) is 53.4 Å².